The number of esters is 1. The van der Waals surface area contributed by atoms with Crippen molar-refractivity contribution in [1.29, 1.82) is 0 Å². The zero-order chi connectivity index (χ0) is 21.8. The number of rotatable bonds is 6. The largest absolute Gasteiger partial charge is 0.490 e. The van der Waals surface area contributed by atoms with Gasteiger partial charge in [-0.25, -0.2) is 0 Å². The van der Waals surface area contributed by atoms with E-state index in [4.69, 9.17) is 14.2 Å². The van der Waals surface area contributed by atoms with Crippen LogP contribution in [0.15, 0.2) is 24.3 Å². The van der Waals surface area contributed by atoms with Gasteiger partial charge in [-0.3, -0.25) is 9.69 Å². The molecule has 1 heterocycles. The van der Waals surface area contributed by atoms with Crippen LogP contribution < -0.4 is 4.74 Å². The van der Waals surface area contributed by atoms with Gasteiger partial charge in [-0.2, -0.15) is 0 Å². The van der Waals surface area contributed by atoms with Crippen LogP contribution in [0.25, 0.3) is 0 Å². The van der Waals surface area contributed by atoms with Crippen molar-refractivity contribution in [3.8, 4) is 5.75 Å². The average molecular weight is 418 g/mol. The van der Waals surface area contributed by atoms with E-state index in [1.165, 1.54) is 12.8 Å². The number of nitrogens with zero attached hydrogens (tertiary/aromatic N) is 1. The molecule has 1 aliphatic heterocycles. The molecule has 1 aromatic rings. The highest BCUT2D eigenvalue weighted by Crippen LogP contribution is 2.36. The fourth-order valence-electron chi connectivity index (χ4n) is 4.19. The van der Waals surface area contributed by atoms with Crippen LogP contribution in [-0.4, -0.2) is 48.8 Å². The van der Waals surface area contributed by atoms with Gasteiger partial charge < -0.3 is 14.2 Å². The summed E-state index contributed by atoms with van der Waals surface area (Å²) in [5.41, 5.74) is 1.19. The summed E-state index contributed by atoms with van der Waals surface area (Å²) in [6, 6.07) is 8.37. The van der Waals surface area contributed by atoms with Gasteiger partial charge in [0.1, 0.15) is 11.4 Å². The lowest BCUT2D eigenvalue weighted by molar-refractivity contribution is -0.155. The molecule has 1 saturated heterocycles. The Morgan fingerprint density at radius 3 is 2.47 bits per heavy atom. The Labute approximate surface area is 182 Å². The van der Waals surface area contributed by atoms with Gasteiger partial charge >= 0.3 is 5.97 Å². The molecule has 2 fully saturated rings. The molecular formula is C25H39NO4. The van der Waals surface area contributed by atoms with Crippen LogP contribution in [0.1, 0.15) is 78.4 Å². The summed E-state index contributed by atoms with van der Waals surface area (Å²) in [5, 5.41) is 0. The smallest absolute Gasteiger partial charge is 0.307 e. The van der Waals surface area contributed by atoms with E-state index in [-0.39, 0.29) is 12.1 Å². The second-order valence-corrected chi connectivity index (χ2v) is 10.5. The standard InChI is InChI=1S/C25H39NO4/c1-24(2,3)30-23(27)12-15-26-16-17-28-22(18-26)19-6-8-20(9-7-19)29-21-10-13-25(4,5)14-11-21/h6-9,21-22H,10-18H2,1-5H3. The number of ether oxygens (including phenoxy) is 3. The molecule has 0 N–H and O–H groups in total. The minimum absolute atomic E-state index is 0.0296. The third kappa shape index (κ3) is 7.28. The maximum atomic E-state index is 12.0. The van der Waals surface area contributed by atoms with Crippen molar-refractivity contribution in [2.24, 2.45) is 5.41 Å². The van der Waals surface area contributed by atoms with Crippen molar-refractivity contribution in [2.75, 3.05) is 26.2 Å². The fourth-order valence-corrected chi connectivity index (χ4v) is 4.19. The Morgan fingerprint density at radius 2 is 1.83 bits per heavy atom. The Morgan fingerprint density at radius 1 is 1.17 bits per heavy atom. The van der Waals surface area contributed by atoms with Crippen molar-refractivity contribution in [3.63, 3.8) is 0 Å². The first kappa shape index (κ1) is 23.1. The number of carbonyl (C=O) groups excluding carboxylic acids is 1. The minimum Gasteiger partial charge on any atom is -0.490 e. The van der Waals surface area contributed by atoms with Crippen LogP contribution >= 0.6 is 0 Å². The van der Waals surface area contributed by atoms with Crippen LogP contribution in [0.2, 0.25) is 0 Å². The van der Waals surface area contributed by atoms with E-state index in [0.717, 1.165) is 37.2 Å². The molecule has 2 aliphatic rings. The van der Waals surface area contributed by atoms with E-state index in [1.54, 1.807) is 0 Å². The lowest BCUT2D eigenvalue weighted by Crippen LogP contribution is -2.39. The molecule has 0 amide bonds. The maximum Gasteiger partial charge on any atom is 0.307 e. The van der Waals surface area contributed by atoms with Gasteiger partial charge in [-0.15, -0.1) is 0 Å². The third-order valence-corrected chi connectivity index (χ3v) is 6.04. The highest BCUT2D eigenvalue weighted by Gasteiger charge is 2.28. The molecule has 1 atom stereocenters. The van der Waals surface area contributed by atoms with Crippen LogP contribution in [0, 0.1) is 5.41 Å². The van der Waals surface area contributed by atoms with E-state index < -0.39 is 5.60 Å². The molecule has 1 saturated carbocycles. The second-order valence-electron chi connectivity index (χ2n) is 10.5. The predicted octanol–water partition coefficient (Wildman–Crippen LogP) is 5.14. The molecule has 0 aromatic heterocycles. The Kier molecular flexibility index (Phi) is 7.46. The van der Waals surface area contributed by atoms with E-state index in [2.05, 4.69) is 43.0 Å². The summed E-state index contributed by atoms with van der Waals surface area (Å²) >= 11 is 0. The molecule has 0 spiro atoms. The Bertz CT molecular complexity index is 682. The van der Waals surface area contributed by atoms with Gasteiger partial charge in [0, 0.05) is 19.6 Å². The van der Waals surface area contributed by atoms with Gasteiger partial charge in [0.25, 0.3) is 0 Å². The van der Waals surface area contributed by atoms with Crippen LogP contribution in [0.3, 0.4) is 0 Å². The van der Waals surface area contributed by atoms with E-state index in [1.807, 2.05) is 20.8 Å². The minimum atomic E-state index is -0.428. The van der Waals surface area contributed by atoms with Crippen LogP contribution in [0.5, 0.6) is 5.75 Å². The van der Waals surface area contributed by atoms with Crippen molar-refractivity contribution in [2.45, 2.75) is 84.5 Å². The Balaban J connectivity index is 1.47. The van der Waals surface area contributed by atoms with Gasteiger partial charge in [-0.1, -0.05) is 26.0 Å². The SMILES string of the molecule is CC1(C)CCC(Oc2ccc(C3CN(CCC(=O)OC(C)(C)C)CCO3)cc2)CC1. The summed E-state index contributed by atoms with van der Waals surface area (Å²) in [4.78, 5) is 14.3. The van der Waals surface area contributed by atoms with E-state index in [0.29, 0.717) is 31.1 Å². The number of carbonyl (C=O) groups is 1. The lowest BCUT2D eigenvalue weighted by Gasteiger charge is -2.34. The zero-order valence-corrected chi connectivity index (χ0v) is 19.4. The summed E-state index contributed by atoms with van der Waals surface area (Å²) in [7, 11) is 0. The third-order valence-electron chi connectivity index (χ3n) is 6.04. The molecule has 30 heavy (non-hydrogen) atoms. The normalized spacial score (nSPS) is 23.2. The summed E-state index contributed by atoms with van der Waals surface area (Å²) in [6.07, 6.45) is 5.49. The molecule has 168 valence electrons. The summed E-state index contributed by atoms with van der Waals surface area (Å²) in [6.45, 7) is 13.4. The molecule has 5 nitrogen and oxygen atoms in total. The fraction of sp³-hybridized carbons (Fsp3) is 0.720. The zero-order valence-electron chi connectivity index (χ0n) is 19.4. The van der Waals surface area contributed by atoms with Gasteiger partial charge in [0.15, 0.2) is 0 Å². The predicted molar refractivity (Wildman–Crippen MR) is 119 cm³/mol. The number of morpholine rings is 1. The van der Waals surface area contributed by atoms with Crippen LogP contribution in [0.4, 0.5) is 0 Å². The molecule has 0 bridgehead atoms. The topological polar surface area (TPSA) is 48.0 Å². The van der Waals surface area contributed by atoms with Crippen molar-refractivity contribution >= 4 is 5.97 Å². The molecule has 1 aliphatic carbocycles. The Hall–Kier alpha value is -1.59. The molecule has 1 unspecified atom stereocenters. The number of benzene rings is 1. The van der Waals surface area contributed by atoms with Crippen LogP contribution in [-0.2, 0) is 14.3 Å². The van der Waals surface area contributed by atoms with Crippen molar-refractivity contribution < 1.29 is 19.0 Å². The number of hydrogen-bond donors (Lipinski definition) is 0. The van der Waals surface area contributed by atoms with Gasteiger partial charge in [0.2, 0.25) is 0 Å². The molecule has 5 heteroatoms. The highest BCUT2D eigenvalue weighted by atomic mass is 16.6. The second kappa shape index (κ2) is 9.69. The van der Waals surface area contributed by atoms with Crippen molar-refractivity contribution in [3.05, 3.63) is 29.8 Å². The summed E-state index contributed by atoms with van der Waals surface area (Å²) in [5.74, 6) is 0.805. The molecular weight excluding hydrogens is 378 g/mol. The average Bonchev–Trinajstić information content (AvgIpc) is 2.68. The highest BCUT2D eigenvalue weighted by molar-refractivity contribution is 5.70. The molecule has 1 aromatic carbocycles. The number of hydrogen-bond acceptors (Lipinski definition) is 5. The molecule has 3 rings (SSSR count). The molecule has 0 radical (unpaired) electrons. The van der Waals surface area contributed by atoms with Gasteiger partial charge in [-0.05, 0) is 69.6 Å². The maximum absolute atomic E-state index is 12.0. The lowest BCUT2D eigenvalue weighted by atomic mass is 9.76. The summed E-state index contributed by atoms with van der Waals surface area (Å²) < 4.78 is 17.6. The first-order valence-electron chi connectivity index (χ1n) is 11.4. The first-order chi connectivity index (χ1) is 14.1. The van der Waals surface area contributed by atoms with E-state index >= 15 is 0 Å². The quantitative estimate of drug-likeness (QED) is 0.600. The monoisotopic (exact) mass is 417 g/mol. The van der Waals surface area contributed by atoms with Gasteiger partial charge in [0.05, 0.1) is 25.2 Å². The van der Waals surface area contributed by atoms with Crippen molar-refractivity contribution in [1.82, 2.24) is 4.90 Å². The van der Waals surface area contributed by atoms with E-state index in [9.17, 15) is 4.79 Å². The first-order valence-corrected chi connectivity index (χ1v) is 11.4.